The van der Waals surface area contributed by atoms with Gasteiger partial charge in [-0.15, -0.1) is 35.3 Å². The Hall–Kier alpha value is -0.0900. The Morgan fingerprint density at radius 3 is 2.76 bits per heavy atom. The van der Waals surface area contributed by atoms with Gasteiger partial charge in [-0.2, -0.15) is 0 Å². The molecule has 3 rings (SSSR count). The molecule has 0 radical (unpaired) electrons. The lowest BCUT2D eigenvalue weighted by Gasteiger charge is -2.37. The highest BCUT2D eigenvalue weighted by atomic mass is 127. The largest absolute Gasteiger partial charge is 0.381 e. The second-order valence-electron chi connectivity index (χ2n) is 6.45. The van der Waals surface area contributed by atoms with E-state index < -0.39 is 0 Å². The molecular formula is C17H28ClIN4OS. The summed E-state index contributed by atoms with van der Waals surface area (Å²) in [5.41, 5.74) is 0. The third-order valence-corrected chi connectivity index (χ3v) is 6.00. The van der Waals surface area contributed by atoms with E-state index in [4.69, 9.17) is 16.3 Å². The summed E-state index contributed by atoms with van der Waals surface area (Å²) in [6.45, 7) is 8.25. The summed E-state index contributed by atoms with van der Waals surface area (Å²) in [5, 5.41) is 3.49. The van der Waals surface area contributed by atoms with E-state index in [2.05, 4.69) is 26.2 Å². The third-order valence-electron chi connectivity index (χ3n) is 4.71. The molecule has 0 amide bonds. The molecule has 8 heteroatoms. The summed E-state index contributed by atoms with van der Waals surface area (Å²) in [5.74, 6) is 1.74. The summed E-state index contributed by atoms with van der Waals surface area (Å²) in [6.07, 6.45) is 2.20. The van der Waals surface area contributed by atoms with E-state index in [9.17, 15) is 0 Å². The maximum Gasteiger partial charge on any atom is 0.193 e. The topological polar surface area (TPSA) is 40.1 Å². The van der Waals surface area contributed by atoms with E-state index in [1.165, 1.54) is 17.8 Å². The van der Waals surface area contributed by atoms with Gasteiger partial charge in [-0.05, 0) is 30.9 Å². The van der Waals surface area contributed by atoms with Crippen molar-refractivity contribution in [2.24, 2.45) is 10.9 Å². The normalized spacial score (nSPS) is 22.1. The first-order chi connectivity index (χ1) is 11.7. The van der Waals surface area contributed by atoms with Crippen LogP contribution >= 0.6 is 46.9 Å². The quantitative estimate of drug-likeness (QED) is 0.385. The summed E-state index contributed by atoms with van der Waals surface area (Å²) < 4.78 is 6.34. The van der Waals surface area contributed by atoms with Crippen LogP contribution in [0.4, 0.5) is 0 Å². The van der Waals surface area contributed by atoms with E-state index in [1.807, 2.05) is 13.1 Å². The first-order valence-electron chi connectivity index (χ1n) is 8.74. The zero-order valence-electron chi connectivity index (χ0n) is 14.7. The minimum Gasteiger partial charge on any atom is -0.381 e. The van der Waals surface area contributed by atoms with E-state index in [0.29, 0.717) is 0 Å². The van der Waals surface area contributed by atoms with E-state index in [0.717, 1.165) is 68.6 Å². The molecule has 1 atom stereocenters. The number of aliphatic imine (C=N–C) groups is 1. The number of nitrogens with one attached hydrogen (secondary N) is 1. The molecule has 3 heterocycles. The summed E-state index contributed by atoms with van der Waals surface area (Å²) in [4.78, 5) is 10.7. The van der Waals surface area contributed by atoms with Gasteiger partial charge in [-0.3, -0.25) is 9.89 Å². The van der Waals surface area contributed by atoms with Crippen LogP contribution in [0, 0.1) is 5.92 Å². The zero-order valence-corrected chi connectivity index (χ0v) is 18.7. The second kappa shape index (κ2) is 10.9. The van der Waals surface area contributed by atoms with Gasteiger partial charge < -0.3 is 15.0 Å². The van der Waals surface area contributed by atoms with Crippen LogP contribution in [-0.4, -0.2) is 75.3 Å². The Kier molecular flexibility index (Phi) is 9.26. The predicted octanol–water partition coefficient (Wildman–Crippen LogP) is 2.79. The highest BCUT2D eigenvalue weighted by Crippen LogP contribution is 2.21. The molecule has 2 aliphatic rings. The maximum atomic E-state index is 5.98. The molecule has 0 aromatic carbocycles. The summed E-state index contributed by atoms with van der Waals surface area (Å²) in [7, 11) is 1.87. The Morgan fingerprint density at radius 2 is 2.16 bits per heavy atom. The smallest absolute Gasteiger partial charge is 0.193 e. The van der Waals surface area contributed by atoms with Crippen molar-refractivity contribution in [3.05, 3.63) is 21.3 Å². The van der Waals surface area contributed by atoms with Crippen molar-refractivity contribution < 1.29 is 4.74 Å². The van der Waals surface area contributed by atoms with E-state index >= 15 is 0 Å². The van der Waals surface area contributed by atoms with Crippen LogP contribution < -0.4 is 5.32 Å². The van der Waals surface area contributed by atoms with Crippen molar-refractivity contribution in [1.29, 1.82) is 0 Å². The van der Waals surface area contributed by atoms with Crippen molar-refractivity contribution in [2.45, 2.75) is 12.8 Å². The van der Waals surface area contributed by atoms with Gasteiger partial charge in [-0.25, -0.2) is 0 Å². The fourth-order valence-corrected chi connectivity index (χ4v) is 4.44. The van der Waals surface area contributed by atoms with Gasteiger partial charge in [0.15, 0.2) is 5.96 Å². The lowest BCUT2D eigenvalue weighted by Crippen LogP contribution is -2.53. The Labute approximate surface area is 176 Å². The molecule has 0 spiro atoms. The van der Waals surface area contributed by atoms with Crippen LogP contribution in [0.15, 0.2) is 17.1 Å². The molecule has 0 bridgehead atoms. The van der Waals surface area contributed by atoms with Crippen molar-refractivity contribution in [1.82, 2.24) is 15.1 Å². The van der Waals surface area contributed by atoms with Crippen molar-refractivity contribution in [3.63, 3.8) is 0 Å². The van der Waals surface area contributed by atoms with Crippen molar-refractivity contribution in [2.75, 3.05) is 59.5 Å². The van der Waals surface area contributed by atoms with Crippen LogP contribution in [-0.2, 0) is 11.2 Å². The number of hydrogen-bond acceptors (Lipinski definition) is 4. The fourth-order valence-electron chi connectivity index (χ4n) is 3.35. The fraction of sp³-hybridized carbons (Fsp3) is 0.706. The van der Waals surface area contributed by atoms with Gasteiger partial charge in [0.2, 0.25) is 0 Å². The van der Waals surface area contributed by atoms with Gasteiger partial charge in [0.1, 0.15) is 0 Å². The number of halogens is 2. The maximum absolute atomic E-state index is 5.98. The van der Waals surface area contributed by atoms with Crippen LogP contribution in [0.1, 0.15) is 11.3 Å². The molecule has 2 aliphatic heterocycles. The van der Waals surface area contributed by atoms with Gasteiger partial charge in [-0.1, -0.05) is 11.6 Å². The predicted molar refractivity (Wildman–Crippen MR) is 117 cm³/mol. The molecule has 1 aromatic heterocycles. The SMILES string of the molecule is CN=C(NCCc1ccc(Cl)s1)N1CCN(CC2CCOC2)CC1.I. The average Bonchev–Trinajstić information content (AvgIpc) is 3.24. The number of piperazine rings is 1. The average molecular weight is 499 g/mol. The highest BCUT2D eigenvalue weighted by molar-refractivity contribution is 14.0. The monoisotopic (exact) mass is 498 g/mol. The number of ether oxygens (including phenoxy) is 1. The lowest BCUT2D eigenvalue weighted by atomic mass is 10.1. The molecule has 1 aromatic rings. The molecule has 0 saturated carbocycles. The molecule has 2 saturated heterocycles. The number of hydrogen-bond donors (Lipinski definition) is 1. The van der Waals surface area contributed by atoms with Crippen LogP contribution in [0.25, 0.3) is 0 Å². The van der Waals surface area contributed by atoms with Crippen molar-refractivity contribution >= 4 is 52.9 Å². The molecule has 1 unspecified atom stereocenters. The summed E-state index contributed by atoms with van der Waals surface area (Å²) in [6, 6.07) is 4.06. The van der Waals surface area contributed by atoms with Crippen molar-refractivity contribution in [3.8, 4) is 0 Å². The van der Waals surface area contributed by atoms with Gasteiger partial charge in [0.05, 0.1) is 10.9 Å². The molecule has 5 nitrogen and oxygen atoms in total. The molecule has 25 heavy (non-hydrogen) atoms. The first-order valence-corrected chi connectivity index (χ1v) is 9.94. The molecule has 0 aliphatic carbocycles. The highest BCUT2D eigenvalue weighted by Gasteiger charge is 2.23. The van der Waals surface area contributed by atoms with Crippen LogP contribution in [0.5, 0.6) is 0 Å². The van der Waals surface area contributed by atoms with Gasteiger partial charge >= 0.3 is 0 Å². The molecule has 1 N–H and O–H groups in total. The van der Waals surface area contributed by atoms with Crippen LogP contribution in [0.3, 0.4) is 0 Å². The van der Waals surface area contributed by atoms with E-state index in [-0.39, 0.29) is 24.0 Å². The number of thiophene rings is 1. The van der Waals surface area contributed by atoms with Crippen LogP contribution in [0.2, 0.25) is 4.34 Å². The van der Waals surface area contributed by atoms with Gasteiger partial charge in [0.25, 0.3) is 0 Å². The third kappa shape index (κ3) is 6.53. The second-order valence-corrected chi connectivity index (χ2v) is 8.25. The Bertz CT molecular complexity index is 543. The zero-order chi connectivity index (χ0) is 16.8. The molecular weight excluding hydrogens is 471 g/mol. The number of guanidine groups is 1. The summed E-state index contributed by atoms with van der Waals surface area (Å²) >= 11 is 7.63. The number of nitrogens with zero attached hydrogens (tertiary/aromatic N) is 3. The Balaban J connectivity index is 0.00000225. The number of rotatable bonds is 5. The first kappa shape index (κ1) is 21.2. The van der Waals surface area contributed by atoms with E-state index in [1.54, 1.807) is 11.3 Å². The minimum atomic E-state index is 0. The Morgan fingerprint density at radius 1 is 1.36 bits per heavy atom. The molecule has 2 fully saturated rings. The molecule has 142 valence electrons. The van der Waals surface area contributed by atoms with Gasteiger partial charge in [0, 0.05) is 57.8 Å². The minimum absolute atomic E-state index is 0. The lowest BCUT2D eigenvalue weighted by molar-refractivity contribution is 0.139. The standard InChI is InChI=1S/C17H27ClN4OS.HI/c1-19-17(20-6-4-15-2-3-16(18)24-15)22-9-7-21(8-10-22)12-14-5-11-23-13-14;/h2-3,14H,4-13H2,1H3,(H,19,20);1H.